The lowest BCUT2D eigenvalue weighted by Crippen LogP contribution is -2.00. The van der Waals surface area contributed by atoms with Gasteiger partial charge in [0.1, 0.15) is 17.1 Å². The summed E-state index contributed by atoms with van der Waals surface area (Å²) in [5, 5.41) is 0. The first-order chi connectivity index (χ1) is 12.0. The maximum Gasteiger partial charge on any atom is 0.154 e. The summed E-state index contributed by atoms with van der Waals surface area (Å²) in [4.78, 5) is 9.25. The molecule has 0 unspecified atom stereocenters. The topological polar surface area (TPSA) is 39.4 Å². The van der Waals surface area contributed by atoms with Gasteiger partial charge in [0.2, 0.25) is 0 Å². The second-order valence-electron chi connectivity index (χ2n) is 6.19. The Kier molecular flexibility index (Phi) is 3.46. The number of nitrogens with zero attached hydrogens (tertiary/aromatic N) is 3. The van der Waals surface area contributed by atoms with Crippen molar-refractivity contribution >= 4 is 16.6 Å². The Morgan fingerprint density at radius 3 is 2.44 bits per heavy atom. The van der Waals surface area contributed by atoms with Crippen molar-refractivity contribution in [2.24, 2.45) is 0 Å². The van der Waals surface area contributed by atoms with E-state index < -0.39 is 5.82 Å². The van der Waals surface area contributed by atoms with E-state index in [9.17, 15) is 4.39 Å². The van der Waals surface area contributed by atoms with Crippen molar-refractivity contribution in [1.29, 1.82) is 0 Å². The average molecular weight is 335 g/mol. The smallest absolute Gasteiger partial charge is 0.154 e. The molecule has 0 saturated heterocycles. The molecule has 4 aromatic rings. The molecular formula is C20H18FN3O. The predicted molar refractivity (Wildman–Crippen MR) is 96.7 cm³/mol. The van der Waals surface area contributed by atoms with Gasteiger partial charge in [0.15, 0.2) is 5.82 Å². The summed E-state index contributed by atoms with van der Waals surface area (Å²) in [6, 6.07) is 11.2. The number of ether oxygens (including phenoxy) is 1. The van der Waals surface area contributed by atoms with Crippen LogP contribution in [0.25, 0.3) is 27.9 Å². The number of methoxy groups -OCH3 is 1. The first-order valence-corrected chi connectivity index (χ1v) is 8.10. The van der Waals surface area contributed by atoms with Crippen molar-refractivity contribution < 1.29 is 9.13 Å². The zero-order chi connectivity index (χ0) is 17.7. The lowest BCUT2D eigenvalue weighted by Gasteiger charge is -2.11. The summed E-state index contributed by atoms with van der Waals surface area (Å²) in [6.45, 7) is 5.88. The van der Waals surface area contributed by atoms with Crippen LogP contribution in [0, 0.1) is 26.6 Å². The van der Waals surface area contributed by atoms with Gasteiger partial charge in [-0.1, -0.05) is 24.3 Å². The number of aromatic nitrogens is 3. The van der Waals surface area contributed by atoms with Crippen LogP contribution in [0.1, 0.15) is 17.0 Å². The molecule has 0 fully saturated rings. The number of fused-ring (bicyclic) bond motifs is 3. The van der Waals surface area contributed by atoms with Gasteiger partial charge in [-0.15, -0.1) is 0 Å². The minimum absolute atomic E-state index is 0.318. The minimum Gasteiger partial charge on any atom is -0.497 e. The van der Waals surface area contributed by atoms with Crippen molar-refractivity contribution in [2.45, 2.75) is 20.8 Å². The molecule has 0 N–H and O–H groups in total. The van der Waals surface area contributed by atoms with Crippen LogP contribution in [-0.4, -0.2) is 21.5 Å². The van der Waals surface area contributed by atoms with Gasteiger partial charge < -0.3 is 4.74 Å². The molecule has 0 atom stereocenters. The van der Waals surface area contributed by atoms with Crippen LogP contribution in [0.2, 0.25) is 0 Å². The fraction of sp³-hybridized carbons (Fsp3) is 0.200. The van der Waals surface area contributed by atoms with Crippen molar-refractivity contribution in [3.8, 4) is 17.1 Å². The van der Waals surface area contributed by atoms with Crippen LogP contribution >= 0.6 is 0 Å². The first kappa shape index (κ1) is 15.6. The van der Waals surface area contributed by atoms with Crippen LogP contribution < -0.4 is 4.74 Å². The van der Waals surface area contributed by atoms with Crippen LogP contribution in [0.3, 0.4) is 0 Å². The third-order valence-corrected chi connectivity index (χ3v) is 4.55. The molecule has 25 heavy (non-hydrogen) atoms. The molecule has 0 radical (unpaired) electrons. The molecule has 0 spiro atoms. The van der Waals surface area contributed by atoms with Gasteiger partial charge in [-0.25, -0.2) is 14.4 Å². The SMILES string of the molecule is COc1cc(F)c2nc(C)c3c(C)nc(-c4ccccc4C)n3c2c1. The number of aryl methyl sites for hydroxylation is 3. The summed E-state index contributed by atoms with van der Waals surface area (Å²) < 4.78 is 21.8. The van der Waals surface area contributed by atoms with E-state index in [-0.39, 0.29) is 0 Å². The van der Waals surface area contributed by atoms with E-state index in [1.165, 1.54) is 13.2 Å². The van der Waals surface area contributed by atoms with Crippen LogP contribution in [-0.2, 0) is 0 Å². The maximum absolute atomic E-state index is 14.6. The number of imidazole rings is 1. The van der Waals surface area contributed by atoms with E-state index in [2.05, 4.69) is 4.98 Å². The number of benzene rings is 2. The van der Waals surface area contributed by atoms with Crippen LogP contribution in [0.5, 0.6) is 5.75 Å². The number of halogens is 1. The van der Waals surface area contributed by atoms with Crippen molar-refractivity contribution in [2.75, 3.05) is 7.11 Å². The summed E-state index contributed by atoms with van der Waals surface area (Å²) in [5.41, 5.74) is 5.61. The van der Waals surface area contributed by atoms with Crippen molar-refractivity contribution in [1.82, 2.24) is 14.4 Å². The molecular weight excluding hydrogens is 317 g/mol. The Bertz CT molecular complexity index is 1130. The molecule has 0 aliphatic heterocycles. The molecule has 2 aromatic carbocycles. The Hall–Kier alpha value is -2.95. The molecule has 0 aliphatic rings. The second kappa shape index (κ2) is 5.55. The lowest BCUT2D eigenvalue weighted by molar-refractivity contribution is 0.412. The third-order valence-electron chi connectivity index (χ3n) is 4.55. The van der Waals surface area contributed by atoms with E-state index in [0.29, 0.717) is 16.8 Å². The molecule has 5 heteroatoms. The van der Waals surface area contributed by atoms with Gasteiger partial charge in [0, 0.05) is 17.7 Å². The molecule has 0 bridgehead atoms. The quantitative estimate of drug-likeness (QED) is 0.536. The lowest BCUT2D eigenvalue weighted by atomic mass is 10.1. The first-order valence-electron chi connectivity index (χ1n) is 8.10. The summed E-state index contributed by atoms with van der Waals surface area (Å²) >= 11 is 0. The Balaban J connectivity index is 2.24. The highest BCUT2D eigenvalue weighted by Crippen LogP contribution is 2.32. The number of hydrogen-bond donors (Lipinski definition) is 0. The van der Waals surface area contributed by atoms with Gasteiger partial charge in [-0.3, -0.25) is 4.40 Å². The molecule has 4 rings (SSSR count). The molecule has 0 aliphatic carbocycles. The Labute approximate surface area is 144 Å². The average Bonchev–Trinajstić information content (AvgIpc) is 2.94. The Morgan fingerprint density at radius 2 is 1.72 bits per heavy atom. The van der Waals surface area contributed by atoms with E-state index in [4.69, 9.17) is 9.72 Å². The number of hydrogen-bond acceptors (Lipinski definition) is 3. The summed E-state index contributed by atoms with van der Waals surface area (Å²) in [6.07, 6.45) is 0. The van der Waals surface area contributed by atoms with E-state index >= 15 is 0 Å². The van der Waals surface area contributed by atoms with Crippen LogP contribution in [0.4, 0.5) is 4.39 Å². The fourth-order valence-corrected chi connectivity index (χ4v) is 3.37. The zero-order valence-corrected chi connectivity index (χ0v) is 14.6. The third kappa shape index (κ3) is 2.27. The monoisotopic (exact) mass is 335 g/mol. The number of rotatable bonds is 2. The van der Waals surface area contributed by atoms with Gasteiger partial charge in [0.05, 0.1) is 29.5 Å². The van der Waals surface area contributed by atoms with E-state index in [1.54, 1.807) is 6.07 Å². The fourth-order valence-electron chi connectivity index (χ4n) is 3.37. The normalized spacial score (nSPS) is 11.4. The standard InChI is InChI=1S/C20H18FN3O/c1-11-7-5-6-8-15(11)20-23-13(3)19-12(2)22-18-16(21)9-14(25-4)10-17(18)24(19)20/h5-10H,1-4H3. The highest BCUT2D eigenvalue weighted by atomic mass is 19.1. The van der Waals surface area contributed by atoms with E-state index in [0.717, 1.165) is 33.9 Å². The highest BCUT2D eigenvalue weighted by Gasteiger charge is 2.19. The van der Waals surface area contributed by atoms with Gasteiger partial charge in [0.25, 0.3) is 0 Å². The Morgan fingerprint density at radius 1 is 1.00 bits per heavy atom. The molecule has 0 amide bonds. The summed E-state index contributed by atoms with van der Waals surface area (Å²) in [5.74, 6) is 0.842. The molecule has 0 saturated carbocycles. The minimum atomic E-state index is -0.401. The van der Waals surface area contributed by atoms with Gasteiger partial charge in [-0.05, 0) is 26.3 Å². The van der Waals surface area contributed by atoms with Gasteiger partial charge in [-0.2, -0.15) is 0 Å². The maximum atomic E-state index is 14.6. The predicted octanol–water partition coefficient (Wildman–Crippen LogP) is 4.62. The molecule has 126 valence electrons. The van der Waals surface area contributed by atoms with Gasteiger partial charge >= 0.3 is 0 Å². The summed E-state index contributed by atoms with van der Waals surface area (Å²) in [7, 11) is 1.53. The zero-order valence-electron chi connectivity index (χ0n) is 14.6. The van der Waals surface area contributed by atoms with Crippen molar-refractivity contribution in [3.05, 3.63) is 59.2 Å². The molecule has 2 aromatic heterocycles. The van der Waals surface area contributed by atoms with Crippen LogP contribution in [0.15, 0.2) is 36.4 Å². The molecule has 4 nitrogen and oxygen atoms in total. The second-order valence-corrected chi connectivity index (χ2v) is 6.19. The van der Waals surface area contributed by atoms with Crippen molar-refractivity contribution in [3.63, 3.8) is 0 Å². The van der Waals surface area contributed by atoms with E-state index in [1.807, 2.05) is 49.4 Å². The molecule has 2 heterocycles. The highest BCUT2D eigenvalue weighted by molar-refractivity contribution is 5.85. The largest absolute Gasteiger partial charge is 0.497 e.